The lowest BCUT2D eigenvalue weighted by Crippen LogP contribution is -2.44. The minimum absolute atomic E-state index is 0.0165. The number of hydrogen-bond acceptors (Lipinski definition) is 3. The molecule has 0 aliphatic heterocycles. The summed E-state index contributed by atoms with van der Waals surface area (Å²) in [5.74, 6) is -0.945. The predicted octanol–water partition coefficient (Wildman–Crippen LogP) is 1.75. The van der Waals surface area contributed by atoms with Crippen LogP contribution < -0.4 is 5.32 Å². The minimum Gasteiger partial charge on any atom is -0.481 e. The van der Waals surface area contributed by atoms with Crippen LogP contribution in [0.3, 0.4) is 0 Å². The van der Waals surface area contributed by atoms with Gasteiger partial charge >= 0.3 is 5.97 Å². The topological polar surface area (TPSA) is 83.5 Å². The van der Waals surface area contributed by atoms with Crippen molar-refractivity contribution in [3.63, 3.8) is 0 Å². The lowest BCUT2D eigenvalue weighted by atomic mass is 9.96. The molecule has 1 amide bonds. The molecule has 2 N–H and O–H groups in total. The Hall–Kier alpha value is -1.39. The van der Waals surface area contributed by atoms with Crippen molar-refractivity contribution in [1.29, 1.82) is 0 Å². The Bertz CT molecular complexity index is 299. The smallest absolute Gasteiger partial charge is 0.303 e. The van der Waals surface area contributed by atoms with E-state index in [2.05, 4.69) is 5.32 Å². The fourth-order valence-electron chi connectivity index (χ4n) is 1.63. The first-order chi connectivity index (χ1) is 8.38. The summed E-state index contributed by atoms with van der Waals surface area (Å²) >= 11 is 0. The summed E-state index contributed by atoms with van der Waals surface area (Å²) in [5, 5.41) is 11.2. The number of Topliss-reactive ketones (excluding diaryl/α,β-unsaturated/α-hetero) is 1. The van der Waals surface area contributed by atoms with Gasteiger partial charge < -0.3 is 10.4 Å². The molecule has 5 nitrogen and oxygen atoms in total. The van der Waals surface area contributed by atoms with E-state index in [9.17, 15) is 14.4 Å². The quantitative estimate of drug-likeness (QED) is 0.616. The van der Waals surface area contributed by atoms with Crippen LogP contribution in [0.1, 0.15) is 52.9 Å². The van der Waals surface area contributed by atoms with Crippen molar-refractivity contribution in [2.24, 2.45) is 5.92 Å². The number of carboxylic acids is 1. The first-order valence-electron chi connectivity index (χ1n) is 6.42. The van der Waals surface area contributed by atoms with E-state index in [1.54, 1.807) is 6.92 Å². The summed E-state index contributed by atoms with van der Waals surface area (Å²) < 4.78 is 0. The van der Waals surface area contributed by atoms with Crippen molar-refractivity contribution in [1.82, 2.24) is 5.32 Å². The number of carbonyl (C=O) groups is 3. The second kappa shape index (κ2) is 8.66. The van der Waals surface area contributed by atoms with Crippen molar-refractivity contribution in [2.75, 3.05) is 0 Å². The largest absolute Gasteiger partial charge is 0.481 e. The standard InChI is InChI=1S/C13H23NO4/c1-4-11(16)14-13(9(2)3)10(15)7-5-6-8-12(17)18/h9,13H,4-8H2,1-3H3,(H,14,16)(H,17,18). The number of carbonyl (C=O) groups excluding carboxylic acids is 2. The molecule has 1 unspecified atom stereocenters. The maximum absolute atomic E-state index is 11.9. The molecule has 0 fully saturated rings. The van der Waals surface area contributed by atoms with Gasteiger partial charge in [0, 0.05) is 19.3 Å². The maximum Gasteiger partial charge on any atom is 0.303 e. The summed E-state index contributed by atoms with van der Waals surface area (Å²) in [6.45, 7) is 5.51. The van der Waals surface area contributed by atoms with Gasteiger partial charge in [0.15, 0.2) is 5.78 Å². The lowest BCUT2D eigenvalue weighted by Gasteiger charge is -2.20. The van der Waals surface area contributed by atoms with E-state index in [4.69, 9.17) is 5.11 Å². The van der Waals surface area contributed by atoms with Crippen molar-refractivity contribution in [3.8, 4) is 0 Å². The average molecular weight is 257 g/mol. The van der Waals surface area contributed by atoms with Gasteiger partial charge in [-0.15, -0.1) is 0 Å². The van der Waals surface area contributed by atoms with Crippen LogP contribution in [0.4, 0.5) is 0 Å². The molecule has 0 radical (unpaired) electrons. The highest BCUT2D eigenvalue weighted by atomic mass is 16.4. The van der Waals surface area contributed by atoms with Crippen molar-refractivity contribution in [3.05, 3.63) is 0 Å². The Balaban J connectivity index is 4.14. The zero-order valence-electron chi connectivity index (χ0n) is 11.4. The molecule has 0 aliphatic carbocycles. The SMILES string of the molecule is CCC(=O)NC(C(=O)CCCCC(=O)O)C(C)C. The van der Waals surface area contributed by atoms with Gasteiger partial charge in [-0.05, 0) is 18.8 Å². The molecule has 0 bridgehead atoms. The summed E-state index contributed by atoms with van der Waals surface area (Å²) in [5.41, 5.74) is 0. The minimum atomic E-state index is -0.845. The highest BCUT2D eigenvalue weighted by Crippen LogP contribution is 2.09. The third kappa shape index (κ3) is 7.04. The Morgan fingerprint density at radius 3 is 2.11 bits per heavy atom. The van der Waals surface area contributed by atoms with Gasteiger partial charge in [0.25, 0.3) is 0 Å². The van der Waals surface area contributed by atoms with Crippen LogP contribution in [0.2, 0.25) is 0 Å². The van der Waals surface area contributed by atoms with Crippen LogP contribution in [0, 0.1) is 5.92 Å². The molecule has 18 heavy (non-hydrogen) atoms. The molecule has 0 heterocycles. The molecule has 5 heteroatoms. The number of amides is 1. The maximum atomic E-state index is 11.9. The average Bonchev–Trinajstić information content (AvgIpc) is 2.30. The molecule has 104 valence electrons. The number of carboxylic acid groups (broad SMARTS) is 1. The monoisotopic (exact) mass is 257 g/mol. The second-order valence-corrected chi connectivity index (χ2v) is 4.71. The van der Waals surface area contributed by atoms with E-state index in [0.29, 0.717) is 25.7 Å². The van der Waals surface area contributed by atoms with Gasteiger partial charge in [0.05, 0.1) is 6.04 Å². The molecular weight excluding hydrogens is 234 g/mol. The van der Waals surface area contributed by atoms with E-state index in [1.165, 1.54) is 0 Å². The molecule has 0 spiro atoms. The predicted molar refractivity (Wildman–Crippen MR) is 68.2 cm³/mol. The third-order valence-corrected chi connectivity index (χ3v) is 2.71. The van der Waals surface area contributed by atoms with Crippen molar-refractivity contribution < 1.29 is 19.5 Å². The van der Waals surface area contributed by atoms with Crippen molar-refractivity contribution in [2.45, 2.75) is 58.9 Å². The molecule has 1 atom stereocenters. The highest BCUT2D eigenvalue weighted by molar-refractivity contribution is 5.89. The molecule has 0 aromatic carbocycles. The van der Waals surface area contributed by atoms with Crippen LogP contribution in [0.15, 0.2) is 0 Å². The van der Waals surface area contributed by atoms with Gasteiger partial charge in [-0.25, -0.2) is 0 Å². The van der Waals surface area contributed by atoms with E-state index in [-0.39, 0.29) is 24.0 Å². The number of nitrogens with one attached hydrogen (secondary N) is 1. The normalized spacial score (nSPS) is 12.2. The third-order valence-electron chi connectivity index (χ3n) is 2.71. The van der Waals surface area contributed by atoms with Gasteiger partial charge in [-0.2, -0.15) is 0 Å². The number of ketones is 1. The molecule has 0 saturated heterocycles. The summed E-state index contributed by atoms with van der Waals surface area (Å²) in [6, 6.07) is -0.456. The van der Waals surface area contributed by atoms with E-state index >= 15 is 0 Å². The van der Waals surface area contributed by atoms with Crippen LogP contribution in [-0.4, -0.2) is 28.8 Å². The summed E-state index contributed by atoms with van der Waals surface area (Å²) in [6.07, 6.45) is 1.81. The van der Waals surface area contributed by atoms with Crippen LogP contribution in [0.5, 0.6) is 0 Å². The second-order valence-electron chi connectivity index (χ2n) is 4.71. The summed E-state index contributed by atoms with van der Waals surface area (Å²) in [4.78, 5) is 33.6. The zero-order valence-corrected chi connectivity index (χ0v) is 11.4. The van der Waals surface area contributed by atoms with E-state index in [1.807, 2.05) is 13.8 Å². The molecule has 0 aliphatic rings. The van der Waals surface area contributed by atoms with Crippen molar-refractivity contribution >= 4 is 17.7 Å². The summed E-state index contributed by atoms with van der Waals surface area (Å²) in [7, 11) is 0. The van der Waals surface area contributed by atoms with E-state index < -0.39 is 12.0 Å². The van der Waals surface area contributed by atoms with Gasteiger partial charge in [-0.1, -0.05) is 20.8 Å². The highest BCUT2D eigenvalue weighted by Gasteiger charge is 2.22. The first kappa shape index (κ1) is 16.6. The van der Waals surface area contributed by atoms with Gasteiger partial charge in [0.2, 0.25) is 5.91 Å². The Labute approximate surface area is 108 Å². The Kier molecular flexibility index (Phi) is 8.00. The lowest BCUT2D eigenvalue weighted by molar-refractivity contribution is -0.137. The first-order valence-corrected chi connectivity index (χ1v) is 6.42. The Morgan fingerprint density at radius 2 is 1.67 bits per heavy atom. The van der Waals surface area contributed by atoms with Crippen LogP contribution >= 0.6 is 0 Å². The molecular formula is C13H23NO4. The fourth-order valence-corrected chi connectivity index (χ4v) is 1.63. The molecule has 0 aromatic rings. The van der Waals surface area contributed by atoms with Crippen LogP contribution in [-0.2, 0) is 14.4 Å². The van der Waals surface area contributed by atoms with Crippen LogP contribution in [0.25, 0.3) is 0 Å². The fraction of sp³-hybridized carbons (Fsp3) is 0.769. The Morgan fingerprint density at radius 1 is 1.11 bits per heavy atom. The number of hydrogen-bond donors (Lipinski definition) is 2. The number of rotatable bonds is 9. The molecule has 0 rings (SSSR count). The zero-order chi connectivity index (χ0) is 14.1. The van der Waals surface area contributed by atoms with E-state index in [0.717, 1.165) is 0 Å². The van der Waals surface area contributed by atoms with Gasteiger partial charge in [0.1, 0.15) is 0 Å². The van der Waals surface area contributed by atoms with Gasteiger partial charge in [-0.3, -0.25) is 14.4 Å². The molecule has 0 saturated carbocycles. The number of unbranched alkanes of at least 4 members (excludes halogenated alkanes) is 1. The number of aliphatic carboxylic acids is 1. The molecule has 0 aromatic heterocycles.